The van der Waals surface area contributed by atoms with Crippen LogP contribution in [0.4, 0.5) is 0 Å². The van der Waals surface area contributed by atoms with Crippen molar-refractivity contribution in [2.75, 3.05) is 6.54 Å². The van der Waals surface area contributed by atoms with E-state index in [0.29, 0.717) is 6.04 Å². The molecule has 3 heteroatoms. The summed E-state index contributed by atoms with van der Waals surface area (Å²) in [5.74, 6) is 1.09. The van der Waals surface area contributed by atoms with Crippen molar-refractivity contribution in [2.45, 2.75) is 39.2 Å². The van der Waals surface area contributed by atoms with Gasteiger partial charge in [0, 0.05) is 18.0 Å². The van der Waals surface area contributed by atoms with Crippen LogP contribution in [0.15, 0.2) is 24.4 Å². The number of H-pyrrole nitrogens is 1. The molecule has 1 saturated heterocycles. The number of aromatic amines is 1. The fourth-order valence-electron chi connectivity index (χ4n) is 2.88. The molecule has 1 unspecified atom stereocenters. The minimum atomic E-state index is 0.595. The van der Waals surface area contributed by atoms with Gasteiger partial charge in [-0.2, -0.15) is 0 Å². The number of nitrogens with zero attached hydrogens (tertiary/aromatic N) is 1. The molecule has 0 radical (unpaired) electrons. The summed E-state index contributed by atoms with van der Waals surface area (Å²) in [7, 11) is 0. The van der Waals surface area contributed by atoms with Crippen LogP contribution in [0.1, 0.15) is 29.8 Å². The molecule has 1 aromatic carbocycles. The van der Waals surface area contributed by atoms with Crippen molar-refractivity contribution >= 4 is 0 Å². The predicted molar refractivity (Wildman–Crippen MR) is 78.2 cm³/mol. The van der Waals surface area contributed by atoms with Gasteiger partial charge in [0.05, 0.1) is 11.9 Å². The van der Waals surface area contributed by atoms with Gasteiger partial charge in [0.1, 0.15) is 5.82 Å². The van der Waals surface area contributed by atoms with Crippen molar-refractivity contribution in [2.24, 2.45) is 0 Å². The maximum absolute atomic E-state index is 4.52. The first-order valence-electron chi connectivity index (χ1n) is 7.07. The number of nitrogens with one attached hydrogen (secondary N) is 2. The molecule has 1 aromatic heterocycles. The van der Waals surface area contributed by atoms with E-state index in [1.807, 2.05) is 6.20 Å². The summed E-state index contributed by atoms with van der Waals surface area (Å²) in [5.41, 5.74) is 4.99. The van der Waals surface area contributed by atoms with E-state index in [1.165, 1.54) is 29.5 Å². The van der Waals surface area contributed by atoms with Crippen LogP contribution in [0.5, 0.6) is 0 Å². The summed E-state index contributed by atoms with van der Waals surface area (Å²) in [6, 6.07) is 7.14. The van der Waals surface area contributed by atoms with Gasteiger partial charge in [0.25, 0.3) is 0 Å². The van der Waals surface area contributed by atoms with Crippen molar-refractivity contribution in [3.8, 4) is 11.3 Å². The second-order valence-electron chi connectivity index (χ2n) is 5.56. The summed E-state index contributed by atoms with van der Waals surface area (Å²) in [6.45, 7) is 5.43. The van der Waals surface area contributed by atoms with Crippen LogP contribution < -0.4 is 5.32 Å². The Morgan fingerprint density at radius 3 is 2.95 bits per heavy atom. The quantitative estimate of drug-likeness (QED) is 0.885. The normalized spacial score (nSPS) is 18.9. The molecule has 0 saturated carbocycles. The summed E-state index contributed by atoms with van der Waals surface area (Å²) in [6.07, 6.45) is 5.52. The summed E-state index contributed by atoms with van der Waals surface area (Å²) in [4.78, 5) is 7.99. The van der Waals surface area contributed by atoms with Crippen molar-refractivity contribution < 1.29 is 0 Å². The minimum Gasteiger partial charge on any atom is -0.342 e. The molecule has 0 bridgehead atoms. The van der Waals surface area contributed by atoms with Gasteiger partial charge in [-0.1, -0.05) is 23.8 Å². The Hall–Kier alpha value is -1.61. The monoisotopic (exact) mass is 255 g/mol. The predicted octanol–water partition coefficient (Wildman–Crippen LogP) is 2.99. The first-order valence-corrected chi connectivity index (χ1v) is 7.07. The molecule has 2 aromatic rings. The van der Waals surface area contributed by atoms with E-state index < -0.39 is 0 Å². The molecular formula is C16H21N3. The highest BCUT2D eigenvalue weighted by molar-refractivity contribution is 5.63. The van der Waals surface area contributed by atoms with Crippen molar-refractivity contribution in [1.29, 1.82) is 0 Å². The molecule has 19 heavy (non-hydrogen) atoms. The highest BCUT2D eigenvalue weighted by atomic mass is 15.0. The number of hydrogen-bond donors (Lipinski definition) is 2. The highest BCUT2D eigenvalue weighted by Gasteiger charge is 2.16. The van der Waals surface area contributed by atoms with Crippen LogP contribution in [0, 0.1) is 13.8 Å². The molecular weight excluding hydrogens is 234 g/mol. The van der Waals surface area contributed by atoms with E-state index in [9.17, 15) is 0 Å². The fraction of sp³-hybridized carbons (Fsp3) is 0.438. The lowest BCUT2D eigenvalue weighted by Gasteiger charge is -2.07. The Labute approximate surface area is 114 Å². The first-order chi connectivity index (χ1) is 9.22. The molecule has 2 heterocycles. The van der Waals surface area contributed by atoms with Crippen LogP contribution in [-0.4, -0.2) is 22.6 Å². The van der Waals surface area contributed by atoms with Gasteiger partial charge in [-0.05, 0) is 38.8 Å². The Bertz CT molecular complexity index is 565. The van der Waals surface area contributed by atoms with Gasteiger partial charge in [-0.15, -0.1) is 0 Å². The fourth-order valence-corrected chi connectivity index (χ4v) is 2.88. The zero-order chi connectivity index (χ0) is 13.2. The molecule has 1 aliphatic rings. The number of benzene rings is 1. The van der Waals surface area contributed by atoms with E-state index in [0.717, 1.165) is 24.5 Å². The number of aromatic nitrogens is 2. The summed E-state index contributed by atoms with van der Waals surface area (Å²) in [5, 5.41) is 3.51. The van der Waals surface area contributed by atoms with Crippen LogP contribution in [0.25, 0.3) is 11.3 Å². The van der Waals surface area contributed by atoms with E-state index in [1.54, 1.807) is 0 Å². The average molecular weight is 255 g/mol. The minimum absolute atomic E-state index is 0.595. The largest absolute Gasteiger partial charge is 0.342 e. The van der Waals surface area contributed by atoms with Crippen LogP contribution in [0.3, 0.4) is 0 Å². The standard InChI is InChI=1S/C16H21N3/c1-11-5-6-14(12(2)8-11)15-10-18-16(19-15)9-13-4-3-7-17-13/h5-6,8,10,13,17H,3-4,7,9H2,1-2H3,(H,18,19). The zero-order valence-electron chi connectivity index (χ0n) is 11.7. The van der Waals surface area contributed by atoms with Gasteiger partial charge in [0.15, 0.2) is 0 Å². The zero-order valence-corrected chi connectivity index (χ0v) is 11.7. The van der Waals surface area contributed by atoms with Crippen LogP contribution >= 0.6 is 0 Å². The van der Waals surface area contributed by atoms with Crippen molar-refractivity contribution in [3.05, 3.63) is 41.3 Å². The number of rotatable bonds is 3. The molecule has 3 rings (SSSR count). The first kappa shape index (κ1) is 12.4. The number of aryl methyl sites for hydroxylation is 2. The summed E-state index contributed by atoms with van der Waals surface area (Å²) >= 11 is 0. The molecule has 2 N–H and O–H groups in total. The Kier molecular flexibility index (Phi) is 3.38. The van der Waals surface area contributed by atoms with Gasteiger partial charge >= 0.3 is 0 Å². The van der Waals surface area contributed by atoms with E-state index in [4.69, 9.17) is 0 Å². The maximum atomic E-state index is 4.52. The van der Waals surface area contributed by atoms with Gasteiger partial charge in [0.2, 0.25) is 0 Å². The Morgan fingerprint density at radius 2 is 2.21 bits per heavy atom. The third-order valence-corrected chi connectivity index (χ3v) is 3.90. The SMILES string of the molecule is Cc1ccc(-c2cnc(CC3CCCN3)[nH]2)c(C)c1. The maximum Gasteiger partial charge on any atom is 0.108 e. The van der Waals surface area contributed by atoms with Crippen LogP contribution in [-0.2, 0) is 6.42 Å². The Balaban J connectivity index is 1.80. The number of hydrogen-bond acceptors (Lipinski definition) is 2. The molecule has 1 fully saturated rings. The average Bonchev–Trinajstić information content (AvgIpc) is 3.01. The topological polar surface area (TPSA) is 40.7 Å². The van der Waals surface area contributed by atoms with E-state index in [-0.39, 0.29) is 0 Å². The van der Waals surface area contributed by atoms with Crippen molar-refractivity contribution in [1.82, 2.24) is 15.3 Å². The van der Waals surface area contributed by atoms with Gasteiger partial charge in [-0.3, -0.25) is 0 Å². The van der Waals surface area contributed by atoms with Crippen molar-refractivity contribution in [3.63, 3.8) is 0 Å². The molecule has 0 amide bonds. The molecule has 0 aliphatic carbocycles. The highest BCUT2D eigenvalue weighted by Crippen LogP contribution is 2.23. The molecule has 100 valence electrons. The lowest BCUT2D eigenvalue weighted by atomic mass is 10.0. The molecule has 3 nitrogen and oxygen atoms in total. The van der Waals surface area contributed by atoms with Gasteiger partial charge in [-0.25, -0.2) is 4.98 Å². The van der Waals surface area contributed by atoms with E-state index >= 15 is 0 Å². The Morgan fingerprint density at radius 1 is 1.32 bits per heavy atom. The number of imidazole rings is 1. The lowest BCUT2D eigenvalue weighted by molar-refractivity contribution is 0.589. The molecule has 1 aliphatic heterocycles. The van der Waals surface area contributed by atoms with Crippen LogP contribution in [0.2, 0.25) is 0 Å². The third kappa shape index (κ3) is 2.71. The molecule has 1 atom stereocenters. The summed E-state index contributed by atoms with van der Waals surface area (Å²) < 4.78 is 0. The smallest absolute Gasteiger partial charge is 0.108 e. The molecule has 0 spiro atoms. The van der Waals surface area contributed by atoms with Gasteiger partial charge < -0.3 is 10.3 Å². The second kappa shape index (κ2) is 5.17. The lowest BCUT2D eigenvalue weighted by Crippen LogP contribution is -2.24. The third-order valence-electron chi connectivity index (χ3n) is 3.90. The van der Waals surface area contributed by atoms with E-state index in [2.05, 4.69) is 47.3 Å². The second-order valence-corrected chi connectivity index (χ2v) is 5.56.